The molecule has 4 aromatic carbocycles. The summed E-state index contributed by atoms with van der Waals surface area (Å²) < 4.78 is 10.5. The fourth-order valence-electron chi connectivity index (χ4n) is 6.57. The molecule has 3 heterocycles. The van der Waals surface area contributed by atoms with E-state index in [4.69, 9.17) is 10.5 Å². The lowest BCUT2D eigenvalue weighted by Crippen LogP contribution is -2.46. The van der Waals surface area contributed by atoms with Gasteiger partial charge in [-0.05, 0) is 203 Å². The number of anilines is 2. The molecule has 0 bridgehead atoms. The molecule has 344 valence electrons. The molecule has 0 saturated heterocycles. The highest BCUT2D eigenvalue weighted by Gasteiger charge is 2.31. The monoisotopic (exact) mass is 1140 g/mol. The van der Waals surface area contributed by atoms with Gasteiger partial charge in [-0.3, -0.25) is 9.59 Å². The molecule has 20 heteroatoms. The molecule has 7 rings (SSSR count). The van der Waals surface area contributed by atoms with Crippen molar-refractivity contribution in [2.45, 2.75) is 60.9 Å². The second-order valence-electron chi connectivity index (χ2n) is 16.2. The summed E-state index contributed by atoms with van der Waals surface area (Å²) >= 11 is 7.78. The average Bonchev–Trinajstić information content (AvgIpc) is 3.94. The van der Waals surface area contributed by atoms with Crippen LogP contribution in [0.2, 0.25) is 0 Å². The lowest BCUT2D eigenvalue weighted by Gasteiger charge is -2.26. The Labute approximate surface area is 415 Å². The number of nitrogens with two attached hydrogens (primary N) is 1. The number of esters is 1. The van der Waals surface area contributed by atoms with Crippen molar-refractivity contribution >= 4 is 104 Å². The number of carbonyl (C=O) groups is 3. The quantitative estimate of drug-likeness (QED) is 0.0538. The van der Waals surface area contributed by atoms with E-state index in [9.17, 15) is 14.4 Å². The molecule has 6 aromatic rings. The van der Waals surface area contributed by atoms with Gasteiger partial charge in [-0.2, -0.15) is 32.9 Å². The van der Waals surface area contributed by atoms with Gasteiger partial charge < -0.3 is 27.3 Å². The van der Waals surface area contributed by atoms with Crippen LogP contribution in [0, 0.1) is 40.3 Å². The van der Waals surface area contributed by atoms with Crippen molar-refractivity contribution in [3.8, 4) is 11.4 Å². The SMILES string of the molecule is CSCC(C)(C)/C=C1\OC(=O)c2cccc(I)c21.CSCC(C)(C)NC(=O)c1c(I)cccc1C(=O)Nc1ccc(-n2nnnc2C)cc1C.Cc1cc(-n2nnnc2C)ccc1N.N. The van der Waals surface area contributed by atoms with Gasteiger partial charge in [-0.1, -0.05) is 26.0 Å². The van der Waals surface area contributed by atoms with E-state index >= 15 is 0 Å². The smallest absolute Gasteiger partial charge is 0.344 e. The Morgan fingerprint density at radius 3 is 1.91 bits per heavy atom. The molecule has 1 aliphatic rings. The first-order valence-corrected chi connectivity index (χ1v) is 24.8. The van der Waals surface area contributed by atoms with Crippen LogP contribution in [0.25, 0.3) is 17.1 Å². The minimum Gasteiger partial charge on any atom is -0.423 e. The number of ether oxygens (including phenoxy) is 1. The number of cyclic esters (lactones) is 1. The first kappa shape index (κ1) is 52.7. The van der Waals surface area contributed by atoms with Crippen molar-refractivity contribution in [3.05, 3.63) is 131 Å². The molecule has 65 heavy (non-hydrogen) atoms. The number of thioether (sulfide) groups is 2. The second-order valence-corrected chi connectivity index (χ2v) is 20.2. The molecule has 0 radical (unpaired) electrons. The second kappa shape index (κ2) is 23.0. The van der Waals surface area contributed by atoms with E-state index in [0.717, 1.165) is 54.7 Å². The summed E-state index contributed by atoms with van der Waals surface area (Å²) in [5.74, 6) is 3.04. The summed E-state index contributed by atoms with van der Waals surface area (Å²) in [6.07, 6.45) is 6.14. The lowest BCUT2D eigenvalue weighted by atomic mass is 9.93. The zero-order valence-electron chi connectivity index (χ0n) is 38.0. The van der Waals surface area contributed by atoms with Crippen LogP contribution in [0.4, 0.5) is 11.4 Å². The van der Waals surface area contributed by atoms with Gasteiger partial charge in [0, 0.05) is 41.1 Å². The van der Waals surface area contributed by atoms with E-state index in [0.29, 0.717) is 37.5 Å². The highest BCUT2D eigenvalue weighted by molar-refractivity contribution is 14.1. The van der Waals surface area contributed by atoms with Crippen LogP contribution in [0.1, 0.15) is 87.1 Å². The number of benzene rings is 4. The molecule has 2 aromatic heterocycles. The fraction of sp³-hybridized carbons (Fsp3) is 0.311. The van der Waals surface area contributed by atoms with Gasteiger partial charge in [0.15, 0.2) is 11.6 Å². The van der Waals surface area contributed by atoms with Crippen LogP contribution in [0.3, 0.4) is 0 Å². The number of allylic oxidation sites excluding steroid dienone is 1. The summed E-state index contributed by atoms with van der Waals surface area (Å²) in [7, 11) is 0. The number of nitrogen functional groups attached to an aromatic ring is 1. The molecule has 0 aliphatic carbocycles. The number of halogens is 2. The molecular formula is C45H54I2N12O4S2. The maximum Gasteiger partial charge on any atom is 0.344 e. The van der Waals surface area contributed by atoms with Crippen LogP contribution < -0.4 is 22.5 Å². The Balaban J connectivity index is 0.000000235. The molecule has 16 nitrogen and oxygen atoms in total. The molecule has 0 unspecified atom stereocenters. The number of hydrogen-bond acceptors (Lipinski definition) is 14. The maximum absolute atomic E-state index is 13.2. The van der Waals surface area contributed by atoms with E-state index in [1.807, 2.05) is 102 Å². The summed E-state index contributed by atoms with van der Waals surface area (Å²) in [4.78, 5) is 38.0. The number of tetrazole rings is 2. The predicted molar refractivity (Wildman–Crippen MR) is 278 cm³/mol. The van der Waals surface area contributed by atoms with Crippen LogP contribution in [0.15, 0.2) is 78.9 Å². The van der Waals surface area contributed by atoms with Crippen LogP contribution >= 0.6 is 68.7 Å². The third kappa shape index (κ3) is 13.6. The average molecular weight is 1140 g/mol. The normalized spacial score (nSPS) is 12.5. The Hall–Kier alpha value is -4.91. The highest BCUT2D eigenvalue weighted by atomic mass is 127. The molecule has 0 fully saturated rings. The van der Waals surface area contributed by atoms with Gasteiger partial charge in [-0.25, -0.2) is 4.79 Å². The first-order valence-electron chi connectivity index (χ1n) is 19.9. The minimum absolute atomic E-state index is 0. The summed E-state index contributed by atoms with van der Waals surface area (Å²) in [6, 6.07) is 22.2. The van der Waals surface area contributed by atoms with Gasteiger partial charge >= 0.3 is 5.97 Å². The number of fused-ring (bicyclic) bond motifs is 1. The third-order valence-corrected chi connectivity index (χ3v) is 13.5. The number of carbonyl (C=O) groups excluding carboxylic acids is 3. The molecule has 7 N–H and O–H groups in total. The Morgan fingerprint density at radius 2 is 1.35 bits per heavy atom. The van der Waals surface area contributed by atoms with Crippen LogP contribution in [-0.2, 0) is 4.74 Å². The van der Waals surface area contributed by atoms with Gasteiger partial charge in [0.1, 0.15) is 5.76 Å². The van der Waals surface area contributed by atoms with Gasteiger partial charge in [0.2, 0.25) is 0 Å². The standard InChI is InChI=1S/C22H25IN6O2S.C14H15IO2S.C9H11N5.H3N/c1-13-11-15(29-14(2)26-27-28-29)9-10-18(13)24-20(30)16-7-6-8-17(23)19(16)21(31)25-22(3,4)12-32-5;1-14(2,8-18-3)7-11-12-9(13(16)17-11)5-4-6-10(12)15;1-6-5-8(3-4-9(6)10)14-7(2)11-12-13-14;/h6-11H,12H2,1-5H3,(H,24,30)(H,25,31);4-7H,8H2,1-3H3;3-5H,10H2,1-2H3;1H3/b;11-7-;;. The number of nitrogens with one attached hydrogen (secondary N) is 2. The number of hydrogen-bond donors (Lipinski definition) is 4. The summed E-state index contributed by atoms with van der Waals surface area (Å²) in [6.45, 7) is 15.8. The zero-order valence-corrected chi connectivity index (χ0v) is 43.9. The van der Waals surface area contributed by atoms with E-state index in [2.05, 4.69) is 113 Å². The highest BCUT2D eigenvalue weighted by Crippen LogP contribution is 2.37. The molecule has 0 saturated carbocycles. The zero-order chi connectivity index (χ0) is 46.9. The summed E-state index contributed by atoms with van der Waals surface area (Å²) in [5, 5.41) is 28.8. The van der Waals surface area contributed by atoms with Gasteiger partial charge in [0.25, 0.3) is 11.8 Å². The van der Waals surface area contributed by atoms with Crippen molar-refractivity contribution in [1.82, 2.24) is 51.9 Å². The largest absolute Gasteiger partial charge is 0.423 e. The molecule has 1 aliphatic heterocycles. The topological polar surface area (TPSA) is 233 Å². The van der Waals surface area contributed by atoms with Crippen molar-refractivity contribution in [1.29, 1.82) is 0 Å². The van der Waals surface area contributed by atoms with Crippen molar-refractivity contribution < 1.29 is 19.1 Å². The van der Waals surface area contributed by atoms with Crippen LogP contribution in [-0.4, -0.2) is 87.8 Å². The molecule has 0 atom stereocenters. The first-order chi connectivity index (χ1) is 30.3. The van der Waals surface area contributed by atoms with Crippen molar-refractivity contribution in [2.75, 3.05) is 35.1 Å². The summed E-state index contributed by atoms with van der Waals surface area (Å²) in [5.41, 5.74) is 12.7. The van der Waals surface area contributed by atoms with E-state index < -0.39 is 5.54 Å². The van der Waals surface area contributed by atoms with E-state index in [-0.39, 0.29) is 29.3 Å². The maximum atomic E-state index is 13.2. The third-order valence-electron chi connectivity index (χ3n) is 9.61. The van der Waals surface area contributed by atoms with Crippen molar-refractivity contribution in [2.24, 2.45) is 5.41 Å². The number of rotatable bonds is 11. The Morgan fingerprint density at radius 1 is 0.785 bits per heavy atom. The number of aromatic nitrogens is 8. The minimum atomic E-state index is -0.399. The van der Waals surface area contributed by atoms with E-state index in [1.54, 1.807) is 51.1 Å². The predicted octanol–water partition coefficient (Wildman–Crippen LogP) is 9.22. The Bertz CT molecular complexity index is 2700. The van der Waals surface area contributed by atoms with E-state index in [1.165, 1.54) is 0 Å². The molecule has 0 spiro atoms. The van der Waals surface area contributed by atoms with Crippen molar-refractivity contribution in [3.63, 3.8) is 0 Å². The number of aryl methyl sites for hydroxylation is 4. The Kier molecular flexibility index (Phi) is 18.7. The fourth-order valence-corrected chi connectivity index (χ4v) is 9.70. The molecular weight excluding hydrogens is 1090 g/mol. The molecule has 2 amide bonds. The van der Waals surface area contributed by atoms with Gasteiger partial charge in [-0.15, -0.1) is 10.2 Å². The number of nitrogens with zero attached hydrogens (tertiary/aromatic N) is 8. The van der Waals surface area contributed by atoms with Crippen LogP contribution in [0.5, 0.6) is 0 Å². The number of amides is 2. The van der Waals surface area contributed by atoms with Gasteiger partial charge in [0.05, 0.1) is 28.1 Å². The lowest BCUT2D eigenvalue weighted by molar-refractivity contribution is 0.0714.